The minimum Gasteiger partial charge on any atom is -0.497 e. The van der Waals surface area contributed by atoms with Gasteiger partial charge in [-0.1, -0.05) is 25.1 Å². The third kappa shape index (κ3) is 3.61. The van der Waals surface area contributed by atoms with E-state index >= 15 is 0 Å². The van der Waals surface area contributed by atoms with E-state index in [-0.39, 0.29) is 5.91 Å². The zero-order valence-corrected chi connectivity index (χ0v) is 15.3. The molecule has 0 aliphatic carbocycles. The van der Waals surface area contributed by atoms with E-state index in [9.17, 15) is 4.79 Å². The molecule has 1 aromatic heterocycles. The molecule has 134 valence electrons. The normalized spacial score (nSPS) is 10.6. The zero-order valence-electron chi connectivity index (χ0n) is 15.3. The summed E-state index contributed by atoms with van der Waals surface area (Å²) in [5, 5.41) is 4.00. The number of rotatable bonds is 6. The van der Waals surface area contributed by atoms with Crippen LogP contribution >= 0.6 is 0 Å². The van der Waals surface area contributed by atoms with Gasteiger partial charge < -0.3 is 15.0 Å². The van der Waals surface area contributed by atoms with Gasteiger partial charge in [-0.15, -0.1) is 0 Å². The SMILES string of the molecule is CCCN(C)c1cc(OC)ccc1C(=O)Nc1cccc2cccnc12. The first-order valence-corrected chi connectivity index (χ1v) is 8.68. The van der Waals surface area contributed by atoms with E-state index in [0.29, 0.717) is 11.3 Å². The fourth-order valence-corrected chi connectivity index (χ4v) is 3.00. The first-order chi connectivity index (χ1) is 12.6. The standard InChI is InChI=1S/C21H23N3O2/c1-4-13-24(2)19-14-16(26-3)10-11-17(19)21(25)23-18-9-5-7-15-8-6-12-22-20(15)18/h5-12,14H,4,13H2,1-3H3,(H,23,25). The quantitative estimate of drug-likeness (QED) is 0.719. The summed E-state index contributed by atoms with van der Waals surface area (Å²) in [6.45, 7) is 2.96. The average molecular weight is 349 g/mol. The highest BCUT2D eigenvalue weighted by Crippen LogP contribution is 2.28. The molecule has 0 spiro atoms. The molecule has 3 rings (SSSR count). The maximum atomic E-state index is 13.0. The van der Waals surface area contributed by atoms with Crippen molar-refractivity contribution in [2.24, 2.45) is 0 Å². The van der Waals surface area contributed by atoms with E-state index < -0.39 is 0 Å². The summed E-state index contributed by atoms with van der Waals surface area (Å²) in [6, 6.07) is 15.1. The van der Waals surface area contributed by atoms with Gasteiger partial charge in [0.05, 0.1) is 29.6 Å². The number of anilines is 2. The van der Waals surface area contributed by atoms with Crippen LogP contribution in [0.4, 0.5) is 11.4 Å². The van der Waals surface area contributed by atoms with E-state index in [4.69, 9.17) is 4.74 Å². The molecule has 0 aliphatic heterocycles. The van der Waals surface area contributed by atoms with E-state index in [1.807, 2.05) is 43.4 Å². The molecule has 0 unspecified atom stereocenters. The number of nitrogens with zero attached hydrogens (tertiary/aromatic N) is 2. The molecule has 5 nitrogen and oxygen atoms in total. The molecule has 5 heteroatoms. The van der Waals surface area contributed by atoms with Crippen molar-refractivity contribution < 1.29 is 9.53 Å². The van der Waals surface area contributed by atoms with Crippen molar-refractivity contribution in [3.8, 4) is 5.75 Å². The average Bonchev–Trinajstić information content (AvgIpc) is 2.68. The number of methoxy groups -OCH3 is 1. The van der Waals surface area contributed by atoms with Crippen molar-refractivity contribution in [3.63, 3.8) is 0 Å². The number of carbonyl (C=O) groups is 1. The zero-order chi connectivity index (χ0) is 18.5. The maximum Gasteiger partial charge on any atom is 0.257 e. The second-order valence-electron chi connectivity index (χ2n) is 6.14. The summed E-state index contributed by atoms with van der Waals surface area (Å²) in [5.41, 5.74) is 2.93. The number of para-hydroxylation sites is 1. The Hall–Kier alpha value is -3.08. The summed E-state index contributed by atoms with van der Waals surface area (Å²) in [6.07, 6.45) is 2.72. The molecule has 0 bridgehead atoms. The van der Waals surface area contributed by atoms with Gasteiger partial charge in [-0.05, 0) is 30.7 Å². The number of aromatic nitrogens is 1. The Balaban J connectivity index is 1.96. The number of amides is 1. The number of hydrogen-bond donors (Lipinski definition) is 1. The molecular weight excluding hydrogens is 326 g/mol. The van der Waals surface area contributed by atoms with E-state index in [2.05, 4.69) is 22.1 Å². The fourth-order valence-electron chi connectivity index (χ4n) is 3.00. The van der Waals surface area contributed by atoms with Crippen LogP contribution in [0.3, 0.4) is 0 Å². The molecule has 0 aliphatic rings. The lowest BCUT2D eigenvalue weighted by Crippen LogP contribution is -2.23. The minimum atomic E-state index is -0.163. The van der Waals surface area contributed by atoms with Crippen LogP contribution in [0.2, 0.25) is 0 Å². The van der Waals surface area contributed by atoms with Crippen LogP contribution < -0.4 is 15.0 Å². The summed E-state index contributed by atoms with van der Waals surface area (Å²) in [7, 11) is 3.61. The van der Waals surface area contributed by atoms with E-state index in [0.717, 1.165) is 35.3 Å². The monoisotopic (exact) mass is 349 g/mol. The molecule has 0 radical (unpaired) electrons. The highest BCUT2D eigenvalue weighted by molar-refractivity contribution is 6.11. The Morgan fingerprint density at radius 2 is 2.00 bits per heavy atom. The van der Waals surface area contributed by atoms with Crippen LogP contribution in [-0.2, 0) is 0 Å². The first kappa shape index (κ1) is 17.7. The fraction of sp³-hybridized carbons (Fsp3) is 0.238. The highest BCUT2D eigenvalue weighted by Gasteiger charge is 2.16. The van der Waals surface area contributed by atoms with Crippen LogP contribution in [0.5, 0.6) is 5.75 Å². The summed E-state index contributed by atoms with van der Waals surface area (Å²) in [5.74, 6) is 0.565. The molecular formula is C21H23N3O2. The van der Waals surface area contributed by atoms with Gasteiger partial charge in [-0.2, -0.15) is 0 Å². The van der Waals surface area contributed by atoms with Gasteiger partial charge in [-0.3, -0.25) is 9.78 Å². The lowest BCUT2D eigenvalue weighted by Gasteiger charge is -2.22. The molecule has 0 saturated carbocycles. The number of benzene rings is 2. The van der Waals surface area contributed by atoms with E-state index in [1.54, 1.807) is 25.4 Å². The van der Waals surface area contributed by atoms with Gasteiger partial charge in [0.25, 0.3) is 5.91 Å². The number of ether oxygens (including phenoxy) is 1. The van der Waals surface area contributed by atoms with Gasteiger partial charge in [0.2, 0.25) is 0 Å². The number of nitrogens with one attached hydrogen (secondary N) is 1. The maximum absolute atomic E-state index is 13.0. The molecule has 1 heterocycles. The molecule has 0 fully saturated rings. The lowest BCUT2D eigenvalue weighted by atomic mass is 10.1. The number of hydrogen-bond acceptors (Lipinski definition) is 4. The van der Waals surface area contributed by atoms with E-state index in [1.165, 1.54) is 0 Å². The predicted molar refractivity (Wildman–Crippen MR) is 106 cm³/mol. The Morgan fingerprint density at radius 3 is 2.77 bits per heavy atom. The topological polar surface area (TPSA) is 54.5 Å². The van der Waals surface area contributed by atoms with Gasteiger partial charge in [0.1, 0.15) is 5.75 Å². The molecule has 26 heavy (non-hydrogen) atoms. The van der Waals surface area contributed by atoms with Crippen LogP contribution in [0.25, 0.3) is 10.9 Å². The Bertz CT molecular complexity index is 919. The van der Waals surface area contributed by atoms with Crippen molar-refractivity contribution >= 4 is 28.2 Å². The number of pyridine rings is 1. The minimum absolute atomic E-state index is 0.163. The van der Waals surface area contributed by atoms with Gasteiger partial charge in [0, 0.05) is 31.2 Å². The third-order valence-corrected chi connectivity index (χ3v) is 4.30. The summed E-state index contributed by atoms with van der Waals surface area (Å²) >= 11 is 0. The number of carbonyl (C=O) groups excluding carboxylic acids is 1. The molecule has 2 aromatic carbocycles. The Kier molecular flexibility index (Phi) is 5.37. The molecule has 3 aromatic rings. The van der Waals surface area contributed by atoms with Crippen molar-refractivity contribution in [1.29, 1.82) is 0 Å². The molecule has 1 amide bonds. The second kappa shape index (κ2) is 7.87. The van der Waals surface area contributed by atoms with Crippen LogP contribution in [0.1, 0.15) is 23.7 Å². The Morgan fingerprint density at radius 1 is 1.19 bits per heavy atom. The van der Waals surface area contributed by atoms with Gasteiger partial charge >= 0.3 is 0 Å². The van der Waals surface area contributed by atoms with Gasteiger partial charge in [-0.25, -0.2) is 0 Å². The molecule has 0 atom stereocenters. The third-order valence-electron chi connectivity index (χ3n) is 4.30. The first-order valence-electron chi connectivity index (χ1n) is 8.68. The van der Waals surface area contributed by atoms with Crippen molar-refractivity contribution in [2.75, 3.05) is 30.9 Å². The molecule has 1 N–H and O–H groups in total. The lowest BCUT2D eigenvalue weighted by molar-refractivity contribution is 0.102. The smallest absolute Gasteiger partial charge is 0.257 e. The van der Waals surface area contributed by atoms with Crippen molar-refractivity contribution in [1.82, 2.24) is 4.98 Å². The summed E-state index contributed by atoms with van der Waals surface area (Å²) in [4.78, 5) is 19.4. The molecule has 0 saturated heterocycles. The van der Waals surface area contributed by atoms with Crippen molar-refractivity contribution in [2.45, 2.75) is 13.3 Å². The van der Waals surface area contributed by atoms with Gasteiger partial charge in [0.15, 0.2) is 0 Å². The van der Waals surface area contributed by atoms with Crippen molar-refractivity contribution in [3.05, 3.63) is 60.3 Å². The van der Waals surface area contributed by atoms with Crippen LogP contribution in [0.15, 0.2) is 54.7 Å². The predicted octanol–water partition coefficient (Wildman–Crippen LogP) is 4.34. The Labute approximate surface area is 153 Å². The summed E-state index contributed by atoms with van der Waals surface area (Å²) < 4.78 is 5.33. The number of fused-ring (bicyclic) bond motifs is 1. The largest absolute Gasteiger partial charge is 0.497 e. The second-order valence-corrected chi connectivity index (χ2v) is 6.14. The van der Waals surface area contributed by atoms with Crippen LogP contribution in [-0.4, -0.2) is 31.6 Å². The highest BCUT2D eigenvalue weighted by atomic mass is 16.5. The van der Waals surface area contributed by atoms with Crippen LogP contribution in [0, 0.1) is 0 Å².